The van der Waals surface area contributed by atoms with Crippen LogP contribution in [0.25, 0.3) is 0 Å². The zero-order valence-electron chi connectivity index (χ0n) is 9.29. The predicted octanol–water partition coefficient (Wildman–Crippen LogP) is 0.627. The lowest BCUT2D eigenvalue weighted by Gasteiger charge is -2.03. The van der Waals surface area contributed by atoms with Crippen molar-refractivity contribution in [3.05, 3.63) is 24.0 Å². The summed E-state index contributed by atoms with van der Waals surface area (Å²) in [5, 5.41) is 2.73. The van der Waals surface area contributed by atoms with Crippen LogP contribution in [0.2, 0.25) is 0 Å². The van der Waals surface area contributed by atoms with Gasteiger partial charge >= 0.3 is 5.97 Å². The Labute approximate surface area is 94.2 Å². The minimum absolute atomic E-state index is 0.128. The van der Waals surface area contributed by atoms with Crippen LogP contribution >= 0.6 is 0 Å². The van der Waals surface area contributed by atoms with Crippen LogP contribution in [0.1, 0.15) is 18.5 Å². The first-order valence-electron chi connectivity index (χ1n) is 5.18. The lowest BCUT2D eigenvalue weighted by Crippen LogP contribution is -2.26. The largest absolute Gasteiger partial charge is 0.469 e. The molecule has 1 rings (SSSR count). The summed E-state index contributed by atoms with van der Waals surface area (Å²) in [6, 6.07) is 3.87. The molecule has 0 radical (unpaired) electrons. The number of amides is 1. The van der Waals surface area contributed by atoms with Gasteiger partial charge in [0.05, 0.1) is 13.5 Å². The quantitative estimate of drug-likeness (QED) is 0.696. The number of carbonyl (C=O) groups excluding carboxylic acids is 2. The molecule has 0 aliphatic heterocycles. The van der Waals surface area contributed by atoms with Gasteiger partial charge in [0.15, 0.2) is 0 Å². The fraction of sp³-hybridized carbons (Fsp3) is 0.455. The van der Waals surface area contributed by atoms with Crippen LogP contribution in [0, 0.1) is 0 Å². The van der Waals surface area contributed by atoms with Crippen molar-refractivity contribution in [2.75, 3.05) is 13.7 Å². The number of carbonyl (C=O) groups is 2. The molecule has 0 saturated heterocycles. The van der Waals surface area contributed by atoms with Crippen molar-refractivity contribution < 1.29 is 14.3 Å². The van der Waals surface area contributed by atoms with E-state index in [0.29, 0.717) is 6.54 Å². The van der Waals surface area contributed by atoms with Crippen molar-refractivity contribution in [3.8, 4) is 0 Å². The fourth-order valence-corrected chi connectivity index (χ4v) is 1.27. The molecular formula is C11H16N2O3. The molecule has 1 amide bonds. The molecule has 0 unspecified atom stereocenters. The highest BCUT2D eigenvalue weighted by Gasteiger charge is 2.05. The van der Waals surface area contributed by atoms with Crippen LogP contribution in [0.5, 0.6) is 0 Å². The second kappa shape index (κ2) is 6.66. The van der Waals surface area contributed by atoms with Crippen molar-refractivity contribution >= 4 is 11.9 Å². The van der Waals surface area contributed by atoms with E-state index in [-0.39, 0.29) is 24.7 Å². The zero-order valence-corrected chi connectivity index (χ0v) is 9.29. The van der Waals surface area contributed by atoms with Crippen molar-refractivity contribution in [1.82, 2.24) is 10.3 Å². The number of nitrogens with one attached hydrogen (secondary N) is 2. The molecule has 0 fully saturated rings. The Morgan fingerprint density at radius 1 is 1.44 bits per heavy atom. The molecule has 88 valence electrons. The van der Waals surface area contributed by atoms with Gasteiger partial charge < -0.3 is 15.0 Å². The van der Waals surface area contributed by atoms with Crippen LogP contribution in [0.3, 0.4) is 0 Å². The Balaban J connectivity index is 2.09. The number of H-pyrrole nitrogens is 1. The third-order valence-electron chi connectivity index (χ3n) is 2.16. The standard InChI is InChI=1S/C11H16N2O3/c1-16-11(15)5-4-10(14)13-8-6-9-3-2-7-12-9/h2-3,7,12H,4-6,8H2,1H3,(H,13,14). The summed E-state index contributed by atoms with van der Waals surface area (Å²) in [6.07, 6.45) is 2.91. The van der Waals surface area contributed by atoms with E-state index in [9.17, 15) is 9.59 Å². The first-order chi connectivity index (χ1) is 7.72. The molecule has 1 heterocycles. The van der Waals surface area contributed by atoms with Crippen molar-refractivity contribution in [2.45, 2.75) is 19.3 Å². The van der Waals surface area contributed by atoms with Crippen LogP contribution in [0.15, 0.2) is 18.3 Å². The first kappa shape index (κ1) is 12.3. The summed E-state index contributed by atoms with van der Waals surface area (Å²) in [5.74, 6) is -0.489. The van der Waals surface area contributed by atoms with E-state index < -0.39 is 0 Å². The van der Waals surface area contributed by atoms with Gasteiger partial charge in [-0.2, -0.15) is 0 Å². The number of aromatic nitrogens is 1. The third kappa shape index (κ3) is 4.63. The van der Waals surface area contributed by atoms with E-state index in [4.69, 9.17) is 0 Å². The third-order valence-corrected chi connectivity index (χ3v) is 2.16. The van der Waals surface area contributed by atoms with E-state index in [0.717, 1.165) is 12.1 Å². The smallest absolute Gasteiger partial charge is 0.306 e. The molecule has 1 aromatic heterocycles. The molecule has 0 saturated carbocycles. The van der Waals surface area contributed by atoms with Gasteiger partial charge in [0.1, 0.15) is 0 Å². The van der Waals surface area contributed by atoms with Crippen LogP contribution in [0.4, 0.5) is 0 Å². The summed E-state index contributed by atoms with van der Waals surface area (Å²) >= 11 is 0. The van der Waals surface area contributed by atoms with E-state index in [1.165, 1.54) is 7.11 Å². The lowest BCUT2D eigenvalue weighted by atomic mass is 10.3. The van der Waals surface area contributed by atoms with Gasteiger partial charge in [-0.1, -0.05) is 0 Å². The number of rotatable bonds is 6. The fourth-order valence-electron chi connectivity index (χ4n) is 1.27. The highest BCUT2D eigenvalue weighted by Crippen LogP contribution is 1.95. The van der Waals surface area contributed by atoms with Crippen LogP contribution < -0.4 is 5.32 Å². The van der Waals surface area contributed by atoms with Crippen molar-refractivity contribution in [2.24, 2.45) is 0 Å². The predicted molar refractivity (Wildman–Crippen MR) is 58.8 cm³/mol. The SMILES string of the molecule is COC(=O)CCC(=O)NCCc1ccc[nH]1. The Bertz CT molecular complexity index is 333. The van der Waals surface area contributed by atoms with Gasteiger partial charge in [0, 0.05) is 31.3 Å². The number of hydrogen-bond donors (Lipinski definition) is 2. The van der Waals surface area contributed by atoms with Gasteiger partial charge in [-0.05, 0) is 12.1 Å². The van der Waals surface area contributed by atoms with E-state index in [1.54, 1.807) is 0 Å². The average Bonchev–Trinajstić information content (AvgIpc) is 2.79. The molecule has 1 aromatic rings. The zero-order chi connectivity index (χ0) is 11.8. The number of hydrogen-bond acceptors (Lipinski definition) is 3. The maximum absolute atomic E-state index is 11.3. The second-order valence-electron chi connectivity index (χ2n) is 3.37. The maximum atomic E-state index is 11.3. The Kier molecular flexibility index (Phi) is 5.11. The topological polar surface area (TPSA) is 71.2 Å². The number of esters is 1. The molecule has 5 nitrogen and oxygen atoms in total. The molecule has 0 aromatic carbocycles. The summed E-state index contributed by atoms with van der Waals surface area (Å²) < 4.78 is 4.44. The van der Waals surface area contributed by atoms with Crippen molar-refractivity contribution in [1.29, 1.82) is 0 Å². The molecule has 2 N–H and O–H groups in total. The lowest BCUT2D eigenvalue weighted by molar-refractivity contribution is -0.142. The maximum Gasteiger partial charge on any atom is 0.306 e. The minimum atomic E-state index is -0.362. The normalized spacial score (nSPS) is 9.81. The Morgan fingerprint density at radius 2 is 2.25 bits per heavy atom. The summed E-state index contributed by atoms with van der Waals surface area (Å²) in [4.78, 5) is 25.1. The van der Waals surface area contributed by atoms with E-state index in [2.05, 4.69) is 15.0 Å². The van der Waals surface area contributed by atoms with Crippen LogP contribution in [-0.2, 0) is 20.7 Å². The first-order valence-corrected chi connectivity index (χ1v) is 5.18. The number of ether oxygens (including phenoxy) is 1. The highest BCUT2D eigenvalue weighted by molar-refractivity contribution is 5.81. The van der Waals surface area contributed by atoms with Gasteiger partial charge in [0.2, 0.25) is 5.91 Å². The molecule has 0 bridgehead atoms. The second-order valence-corrected chi connectivity index (χ2v) is 3.37. The summed E-state index contributed by atoms with van der Waals surface area (Å²) in [7, 11) is 1.31. The molecule has 0 aliphatic rings. The monoisotopic (exact) mass is 224 g/mol. The molecule has 0 aliphatic carbocycles. The number of methoxy groups -OCH3 is 1. The molecule has 0 spiro atoms. The molecule has 5 heteroatoms. The minimum Gasteiger partial charge on any atom is -0.469 e. The van der Waals surface area contributed by atoms with Crippen molar-refractivity contribution in [3.63, 3.8) is 0 Å². The Hall–Kier alpha value is -1.78. The van der Waals surface area contributed by atoms with E-state index >= 15 is 0 Å². The highest BCUT2D eigenvalue weighted by atomic mass is 16.5. The molecular weight excluding hydrogens is 208 g/mol. The van der Waals surface area contributed by atoms with Gasteiger partial charge in [-0.25, -0.2) is 0 Å². The number of aromatic amines is 1. The van der Waals surface area contributed by atoms with Gasteiger partial charge in [-0.3, -0.25) is 9.59 Å². The van der Waals surface area contributed by atoms with Crippen LogP contribution in [-0.4, -0.2) is 30.5 Å². The molecule has 16 heavy (non-hydrogen) atoms. The van der Waals surface area contributed by atoms with Gasteiger partial charge in [-0.15, -0.1) is 0 Å². The summed E-state index contributed by atoms with van der Waals surface area (Å²) in [5.41, 5.74) is 1.08. The van der Waals surface area contributed by atoms with E-state index in [1.807, 2.05) is 18.3 Å². The summed E-state index contributed by atoms with van der Waals surface area (Å²) in [6.45, 7) is 0.570. The molecule has 0 atom stereocenters. The average molecular weight is 224 g/mol. The Morgan fingerprint density at radius 3 is 2.88 bits per heavy atom. The van der Waals surface area contributed by atoms with Gasteiger partial charge in [0.25, 0.3) is 0 Å².